The lowest BCUT2D eigenvalue weighted by molar-refractivity contribution is -0.123. The Labute approximate surface area is 145 Å². The van der Waals surface area contributed by atoms with Crippen molar-refractivity contribution < 1.29 is 27.3 Å². The molecule has 0 fully saturated rings. The van der Waals surface area contributed by atoms with Gasteiger partial charge < -0.3 is 10.1 Å². The van der Waals surface area contributed by atoms with Crippen LogP contribution in [0, 0.1) is 11.6 Å². The van der Waals surface area contributed by atoms with E-state index in [4.69, 9.17) is 4.74 Å². The lowest BCUT2D eigenvalue weighted by Crippen LogP contribution is -2.30. The van der Waals surface area contributed by atoms with Crippen LogP contribution < -0.4 is 5.32 Å². The number of esters is 1. The molecular weight excluding hydrogens is 352 g/mol. The van der Waals surface area contributed by atoms with Crippen molar-refractivity contribution in [2.24, 2.45) is 0 Å². The van der Waals surface area contributed by atoms with Crippen molar-refractivity contribution >= 4 is 28.4 Å². The molecule has 0 unspecified atom stereocenters. The van der Waals surface area contributed by atoms with Crippen molar-refractivity contribution in [3.63, 3.8) is 0 Å². The number of hydrogen-bond donors (Lipinski definition) is 1. The molecule has 0 aromatic heterocycles. The van der Waals surface area contributed by atoms with Crippen molar-refractivity contribution in [2.75, 3.05) is 11.6 Å². The van der Waals surface area contributed by atoms with Gasteiger partial charge in [0, 0.05) is 12.3 Å². The summed E-state index contributed by atoms with van der Waals surface area (Å²) < 4.78 is 43.1. The van der Waals surface area contributed by atoms with Crippen molar-refractivity contribution in [1.29, 1.82) is 0 Å². The number of benzene rings is 2. The molecule has 25 heavy (non-hydrogen) atoms. The largest absolute Gasteiger partial charge is 0.449 e. The maximum absolute atomic E-state index is 13.5. The molecule has 5 nitrogen and oxygen atoms in total. The summed E-state index contributed by atoms with van der Waals surface area (Å²) >= 11 is 0. The number of ether oxygens (including phenoxy) is 1. The summed E-state index contributed by atoms with van der Waals surface area (Å²) in [6, 6.07) is 8.83. The number of anilines is 1. The normalized spacial score (nSPS) is 13.0. The highest BCUT2D eigenvalue weighted by Crippen LogP contribution is 2.17. The first-order valence-corrected chi connectivity index (χ1v) is 8.74. The minimum atomic E-state index is -1.41. The Bertz CT molecular complexity index is 841. The summed E-state index contributed by atoms with van der Waals surface area (Å²) in [5.74, 6) is -3.33. The third-order valence-electron chi connectivity index (χ3n) is 3.26. The zero-order valence-corrected chi connectivity index (χ0v) is 14.2. The quantitative estimate of drug-likeness (QED) is 0.825. The van der Waals surface area contributed by atoms with E-state index in [1.54, 1.807) is 12.1 Å². The van der Waals surface area contributed by atoms with Gasteiger partial charge in [-0.25, -0.2) is 13.6 Å². The van der Waals surface area contributed by atoms with Gasteiger partial charge in [-0.15, -0.1) is 0 Å². The molecule has 2 aromatic rings. The molecule has 0 heterocycles. The van der Waals surface area contributed by atoms with Crippen LogP contribution in [0.25, 0.3) is 0 Å². The lowest BCUT2D eigenvalue weighted by Gasteiger charge is -2.15. The lowest BCUT2D eigenvalue weighted by atomic mass is 10.2. The van der Waals surface area contributed by atoms with E-state index in [-0.39, 0.29) is 16.1 Å². The van der Waals surface area contributed by atoms with Gasteiger partial charge >= 0.3 is 5.97 Å². The Hall–Kier alpha value is -2.61. The molecule has 8 heteroatoms. The zero-order chi connectivity index (χ0) is 18.6. The van der Waals surface area contributed by atoms with E-state index in [1.807, 2.05) is 0 Å². The van der Waals surface area contributed by atoms with Gasteiger partial charge in [0.25, 0.3) is 5.91 Å². The molecule has 1 N–H and O–H groups in total. The minimum Gasteiger partial charge on any atom is -0.449 e. The van der Waals surface area contributed by atoms with E-state index < -0.39 is 40.4 Å². The average Bonchev–Trinajstić information content (AvgIpc) is 2.57. The predicted molar refractivity (Wildman–Crippen MR) is 88.6 cm³/mol. The number of hydrogen-bond acceptors (Lipinski definition) is 4. The summed E-state index contributed by atoms with van der Waals surface area (Å²) in [6.07, 6.45) is 0.176. The molecular formula is C17H15F2NO4S. The number of nitrogens with one attached hydrogen (secondary N) is 1. The summed E-state index contributed by atoms with van der Waals surface area (Å²) in [4.78, 5) is 24.5. The Kier molecular flexibility index (Phi) is 5.97. The first kappa shape index (κ1) is 18.7. The van der Waals surface area contributed by atoms with E-state index in [1.165, 1.54) is 25.3 Å². The Morgan fingerprint density at radius 1 is 1.16 bits per heavy atom. The maximum atomic E-state index is 13.5. The molecule has 2 atom stereocenters. The van der Waals surface area contributed by atoms with Crippen LogP contribution in [0.2, 0.25) is 0 Å². The fraction of sp³-hybridized carbons (Fsp3) is 0.176. The van der Waals surface area contributed by atoms with E-state index in [0.717, 1.165) is 12.1 Å². The van der Waals surface area contributed by atoms with Crippen LogP contribution in [0.4, 0.5) is 14.5 Å². The van der Waals surface area contributed by atoms with Gasteiger partial charge in [-0.05, 0) is 31.2 Å². The third-order valence-corrected chi connectivity index (χ3v) is 4.23. The molecule has 132 valence electrons. The van der Waals surface area contributed by atoms with E-state index in [0.29, 0.717) is 6.07 Å². The number of halogens is 2. The smallest absolute Gasteiger partial charge is 0.340 e. The first-order valence-electron chi connectivity index (χ1n) is 7.19. The zero-order valence-electron chi connectivity index (χ0n) is 13.4. The van der Waals surface area contributed by atoms with Gasteiger partial charge in [0.2, 0.25) is 0 Å². The summed E-state index contributed by atoms with van der Waals surface area (Å²) in [6.45, 7) is 1.31. The van der Waals surface area contributed by atoms with E-state index in [9.17, 15) is 22.6 Å². The first-order chi connectivity index (χ1) is 11.8. The number of carbonyl (C=O) groups is 2. The van der Waals surface area contributed by atoms with Gasteiger partial charge in [-0.2, -0.15) is 0 Å². The maximum Gasteiger partial charge on any atom is 0.340 e. The highest BCUT2D eigenvalue weighted by atomic mass is 32.2. The average molecular weight is 367 g/mol. The van der Waals surface area contributed by atoms with Crippen molar-refractivity contribution in [3.8, 4) is 0 Å². The number of rotatable bonds is 5. The molecule has 0 aliphatic heterocycles. The van der Waals surface area contributed by atoms with Crippen LogP contribution in [-0.2, 0) is 20.3 Å². The molecule has 2 rings (SSSR count). The molecule has 0 aliphatic carbocycles. The summed E-state index contributed by atoms with van der Waals surface area (Å²) in [5, 5.41) is 2.21. The van der Waals surface area contributed by atoms with Gasteiger partial charge in [0.15, 0.2) is 6.10 Å². The second-order valence-electron chi connectivity index (χ2n) is 5.11. The van der Waals surface area contributed by atoms with E-state index >= 15 is 0 Å². The van der Waals surface area contributed by atoms with E-state index in [2.05, 4.69) is 5.32 Å². The highest BCUT2D eigenvalue weighted by molar-refractivity contribution is 7.84. The molecule has 0 radical (unpaired) electrons. The molecule has 1 amide bonds. The summed E-state index contributed by atoms with van der Waals surface area (Å²) in [7, 11) is -1.41. The van der Waals surface area contributed by atoms with Crippen LogP contribution >= 0.6 is 0 Å². The molecule has 0 spiro atoms. The van der Waals surface area contributed by atoms with Gasteiger partial charge in [0.1, 0.15) is 11.6 Å². The second kappa shape index (κ2) is 7.98. The van der Waals surface area contributed by atoms with Crippen molar-refractivity contribution in [1.82, 2.24) is 0 Å². The topological polar surface area (TPSA) is 72.5 Å². The molecule has 2 aromatic carbocycles. The van der Waals surface area contributed by atoms with Crippen LogP contribution in [0.15, 0.2) is 47.4 Å². The number of carbonyl (C=O) groups excluding carboxylic acids is 2. The third kappa shape index (κ3) is 4.69. The molecule has 0 saturated carbocycles. The molecule has 0 saturated heterocycles. The van der Waals surface area contributed by atoms with Gasteiger partial charge in [-0.1, -0.05) is 12.1 Å². The number of amides is 1. The standard InChI is InChI=1S/C17H15F2NO4S/c1-10(16(21)20-14-8-7-11(18)9-13(14)19)24-17(22)12-5-3-4-6-15(12)25(2)23/h3-10H,1-2H3,(H,20,21)/t10-,25-/m0/s1. The van der Waals surface area contributed by atoms with Crippen molar-refractivity contribution in [3.05, 3.63) is 59.7 Å². The molecule has 0 bridgehead atoms. The van der Waals surface area contributed by atoms with Crippen LogP contribution in [0.1, 0.15) is 17.3 Å². The summed E-state index contributed by atoms with van der Waals surface area (Å²) in [5.41, 5.74) is -0.152. The Balaban J connectivity index is 2.08. The monoisotopic (exact) mass is 367 g/mol. The highest BCUT2D eigenvalue weighted by Gasteiger charge is 2.22. The predicted octanol–water partition coefficient (Wildman–Crippen LogP) is 2.89. The van der Waals surface area contributed by atoms with Crippen LogP contribution in [-0.4, -0.2) is 28.4 Å². The minimum absolute atomic E-state index is 0.0796. The molecule has 0 aliphatic rings. The fourth-order valence-electron chi connectivity index (χ4n) is 1.99. The Morgan fingerprint density at radius 2 is 1.84 bits per heavy atom. The van der Waals surface area contributed by atoms with Crippen LogP contribution in [0.3, 0.4) is 0 Å². The Morgan fingerprint density at radius 3 is 2.48 bits per heavy atom. The fourth-order valence-corrected chi connectivity index (χ4v) is 2.72. The van der Waals surface area contributed by atoms with Gasteiger partial charge in [-0.3, -0.25) is 9.00 Å². The SMILES string of the molecule is C[C@H](OC(=O)c1ccccc1[S@](C)=O)C(=O)Nc1ccc(F)cc1F. The van der Waals surface area contributed by atoms with Gasteiger partial charge in [0.05, 0.1) is 26.9 Å². The van der Waals surface area contributed by atoms with Crippen molar-refractivity contribution in [2.45, 2.75) is 17.9 Å². The van der Waals surface area contributed by atoms with Crippen LogP contribution in [0.5, 0.6) is 0 Å². The second-order valence-corrected chi connectivity index (χ2v) is 6.46.